The number of nitrogens with one attached hydrogen (secondary N) is 2. The highest BCUT2D eigenvalue weighted by molar-refractivity contribution is 5.95. The Morgan fingerprint density at radius 1 is 1.04 bits per heavy atom. The molecule has 0 radical (unpaired) electrons. The van der Waals surface area contributed by atoms with E-state index in [0.29, 0.717) is 6.54 Å². The molecule has 132 valence electrons. The maximum absolute atomic E-state index is 12.3. The van der Waals surface area contributed by atoms with Crippen LogP contribution in [0, 0.1) is 20.8 Å². The number of hydrogen-bond acceptors (Lipinski definition) is 3. The average Bonchev–Trinajstić information content (AvgIpc) is 2.55. The highest BCUT2D eigenvalue weighted by Gasteiger charge is 2.21. The molecule has 0 aromatic heterocycles. The molecule has 0 aliphatic heterocycles. The third-order valence-corrected chi connectivity index (χ3v) is 4.02. The van der Waals surface area contributed by atoms with Gasteiger partial charge in [-0.2, -0.15) is 0 Å². The lowest BCUT2D eigenvalue weighted by Crippen LogP contribution is -2.39. The topological polar surface area (TPSA) is 78.4 Å². The third kappa shape index (κ3) is 5.43. The van der Waals surface area contributed by atoms with Crippen LogP contribution in [-0.4, -0.2) is 23.0 Å². The second kappa shape index (κ2) is 8.44. The van der Waals surface area contributed by atoms with E-state index in [9.17, 15) is 14.7 Å². The van der Waals surface area contributed by atoms with Crippen molar-refractivity contribution < 1.29 is 14.7 Å². The first-order valence-corrected chi connectivity index (χ1v) is 8.24. The van der Waals surface area contributed by atoms with E-state index in [1.165, 1.54) is 0 Å². The van der Waals surface area contributed by atoms with Gasteiger partial charge in [-0.1, -0.05) is 48.0 Å². The van der Waals surface area contributed by atoms with E-state index in [4.69, 9.17) is 0 Å². The molecule has 0 spiro atoms. The van der Waals surface area contributed by atoms with E-state index >= 15 is 0 Å². The first-order chi connectivity index (χ1) is 11.9. The van der Waals surface area contributed by atoms with Gasteiger partial charge in [0.2, 0.25) is 5.91 Å². The molecule has 2 rings (SSSR count). The van der Waals surface area contributed by atoms with Crippen LogP contribution in [0.15, 0.2) is 42.5 Å². The van der Waals surface area contributed by atoms with Gasteiger partial charge >= 0.3 is 5.97 Å². The van der Waals surface area contributed by atoms with Crippen LogP contribution >= 0.6 is 0 Å². The fraction of sp³-hybridized carbons (Fsp3) is 0.300. The molecule has 25 heavy (non-hydrogen) atoms. The van der Waals surface area contributed by atoms with Crippen molar-refractivity contribution >= 4 is 17.6 Å². The predicted molar refractivity (Wildman–Crippen MR) is 98.6 cm³/mol. The largest absolute Gasteiger partial charge is 0.480 e. The number of carboxylic acids is 1. The lowest BCUT2D eigenvalue weighted by atomic mass is 10.0. The highest BCUT2D eigenvalue weighted by atomic mass is 16.4. The second-order valence-electron chi connectivity index (χ2n) is 6.28. The van der Waals surface area contributed by atoms with Crippen LogP contribution in [0.3, 0.4) is 0 Å². The first-order valence-electron chi connectivity index (χ1n) is 8.24. The Labute approximate surface area is 148 Å². The van der Waals surface area contributed by atoms with Gasteiger partial charge in [-0.15, -0.1) is 0 Å². The molecule has 0 saturated carbocycles. The Bertz CT molecular complexity index is 734. The maximum atomic E-state index is 12.3. The summed E-state index contributed by atoms with van der Waals surface area (Å²) in [5.74, 6) is -1.36. The standard InChI is InChI=1S/C20H24N2O3/c1-13-9-14(2)19(15(3)10-13)22-18(23)11-17(20(24)25)21-12-16-7-5-4-6-8-16/h4-10,17,21H,11-12H2,1-3H3,(H,22,23)(H,24,25). The highest BCUT2D eigenvalue weighted by Crippen LogP contribution is 2.22. The SMILES string of the molecule is Cc1cc(C)c(NC(=O)CC(NCc2ccccc2)C(=O)O)c(C)c1. The van der Waals surface area contributed by atoms with Crippen LogP contribution in [0.1, 0.15) is 28.7 Å². The smallest absolute Gasteiger partial charge is 0.321 e. The molecule has 0 aliphatic carbocycles. The van der Waals surface area contributed by atoms with Crippen LogP contribution < -0.4 is 10.6 Å². The molecular weight excluding hydrogens is 316 g/mol. The van der Waals surface area contributed by atoms with Crippen molar-refractivity contribution in [2.75, 3.05) is 5.32 Å². The number of hydrogen-bond donors (Lipinski definition) is 3. The van der Waals surface area contributed by atoms with Crippen LogP contribution in [0.25, 0.3) is 0 Å². The monoisotopic (exact) mass is 340 g/mol. The Morgan fingerprint density at radius 2 is 1.64 bits per heavy atom. The van der Waals surface area contributed by atoms with Gasteiger partial charge in [0.05, 0.1) is 6.42 Å². The van der Waals surface area contributed by atoms with Gasteiger partial charge in [-0.3, -0.25) is 14.9 Å². The fourth-order valence-corrected chi connectivity index (χ4v) is 2.84. The number of carboxylic acid groups (broad SMARTS) is 1. The van der Waals surface area contributed by atoms with Crippen molar-refractivity contribution in [1.82, 2.24) is 5.32 Å². The lowest BCUT2D eigenvalue weighted by Gasteiger charge is -2.16. The number of anilines is 1. The number of rotatable bonds is 7. The van der Waals surface area contributed by atoms with Crippen LogP contribution in [0.4, 0.5) is 5.69 Å². The van der Waals surface area contributed by atoms with E-state index < -0.39 is 12.0 Å². The summed E-state index contributed by atoms with van der Waals surface area (Å²) in [7, 11) is 0. The van der Waals surface area contributed by atoms with Gasteiger partial charge in [-0.25, -0.2) is 0 Å². The molecule has 0 heterocycles. The van der Waals surface area contributed by atoms with Crippen molar-refractivity contribution in [1.29, 1.82) is 0 Å². The summed E-state index contributed by atoms with van der Waals surface area (Å²) in [5, 5.41) is 15.1. The molecule has 1 unspecified atom stereocenters. The summed E-state index contributed by atoms with van der Waals surface area (Å²) in [6.45, 7) is 6.25. The molecule has 1 amide bonds. The molecule has 0 aliphatic rings. The van der Waals surface area contributed by atoms with Crippen molar-refractivity contribution in [3.63, 3.8) is 0 Å². The van der Waals surface area contributed by atoms with Crippen LogP contribution in [-0.2, 0) is 16.1 Å². The summed E-state index contributed by atoms with van der Waals surface area (Å²) in [6, 6.07) is 12.5. The minimum absolute atomic E-state index is 0.130. The molecule has 0 bridgehead atoms. The minimum atomic E-state index is -1.04. The molecular formula is C20H24N2O3. The van der Waals surface area contributed by atoms with E-state index in [-0.39, 0.29) is 12.3 Å². The number of aliphatic carboxylic acids is 1. The molecule has 0 saturated heterocycles. The quantitative estimate of drug-likeness (QED) is 0.723. The van der Waals surface area contributed by atoms with Crippen molar-refractivity contribution in [2.45, 2.75) is 39.8 Å². The van der Waals surface area contributed by atoms with E-state index in [0.717, 1.165) is 27.9 Å². The molecule has 0 fully saturated rings. The first kappa shape index (κ1) is 18.7. The van der Waals surface area contributed by atoms with Crippen molar-refractivity contribution in [2.24, 2.45) is 0 Å². The summed E-state index contributed by atoms with van der Waals surface area (Å²) < 4.78 is 0. The summed E-state index contributed by atoms with van der Waals surface area (Å²) in [4.78, 5) is 23.8. The van der Waals surface area contributed by atoms with Crippen molar-refractivity contribution in [3.8, 4) is 0 Å². The van der Waals surface area contributed by atoms with E-state index in [1.807, 2.05) is 63.2 Å². The summed E-state index contributed by atoms with van der Waals surface area (Å²) in [6.07, 6.45) is -0.130. The van der Waals surface area contributed by atoms with Crippen molar-refractivity contribution in [3.05, 3.63) is 64.7 Å². The molecule has 2 aromatic rings. The van der Waals surface area contributed by atoms with Gasteiger partial charge in [0.15, 0.2) is 0 Å². The van der Waals surface area contributed by atoms with Crippen LogP contribution in [0.2, 0.25) is 0 Å². The Balaban J connectivity index is 2.00. The zero-order valence-electron chi connectivity index (χ0n) is 14.8. The van der Waals surface area contributed by atoms with Gasteiger partial charge < -0.3 is 10.4 Å². The Kier molecular flexibility index (Phi) is 6.31. The molecule has 3 N–H and O–H groups in total. The van der Waals surface area contributed by atoms with Gasteiger partial charge in [0.1, 0.15) is 6.04 Å². The zero-order chi connectivity index (χ0) is 18.4. The molecule has 2 aromatic carbocycles. The lowest BCUT2D eigenvalue weighted by molar-refractivity contribution is -0.141. The number of carbonyl (C=O) groups excluding carboxylic acids is 1. The molecule has 1 atom stereocenters. The van der Waals surface area contributed by atoms with Gasteiger partial charge in [0, 0.05) is 12.2 Å². The number of benzene rings is 2. The number of amides is 1. The summed E-state index contributed by atoms with van der Waals surface area (Å²) >= 11 is 0. The van der Waals surface area contributed by atoms with E-state index in [1.54, 1.807) is 0 Å². The molecule has 5 heteroatoms. The van der Waals surface area contributed by atoms with E-state index in [2.05, 4.69) is 10.6 Å². The maximum Gasteiger partial charge on any atom is 0.321 e. The second-order valence-corrected chi connectivity index (χ2v) is 6.28. The molecule has 5 nitrogen and oxygen atoms in total. The van der Waals surface area contributed by atoms with Gasteiger partial charge in [-0.05, 0) is 37.5 Å². The van der Waals surface area contributed by atoms with Crippen LogP contribution in [0.5, 0.6) is 0 Å². The number of aryl methyl sites for hydroxylation is 3. The van der Waals surface area contributed by atoms with Gasteiger partial charge in [0.25, 0.3) is 0 Å². The summed E-state index contributed by atoms with van der Waals surface area (Å²) in [5.41, 5.74) is 4.79. The normalized spacial score (nSPS) is 11.8. The third-order valence-electron chi connectivity index (χ3n) is 4.02. The Morgan fingerprint density at radius 3 is 2.20 bits per heavy atom. The number of carbonyl (C=O) groups is 2. The average molecular weight is 340 g/mol. The fourth-order valence-electron chi connectivity index (χ4n) is 2.84. The Hall–Kier alpha value is -2.66. The minimum Gasteiger partial charge on any atom is -0.480 e. The zero-order valence-corrected chi connectivity index (χ0v) is 14.8. The predicted octanol–water partition coefficient (Wildman–Crippen LogP) is 3.18.